The predicted molar refractivity (Wildman–Crippen MR) is 132 cm³/mol. The van der Waals surface area contributed by atoms with Crippen molar-refractivity contribution in [2.45, 2.75) is 84.6 Å². The van der Waals surface area contributed by atoms with Gasteiger partial charge in [-0.25, -0.2) is 0 Å². The Bertz CT molecular complexity index is 1140. The average Bonchev–Trinajstić information content (AvgIpc) is 3.20. The molecule has 1 aromatic heterocycles. The Balaban J connectivity index is 1.55. The fraction of sp³-hybridized carbons (Fsp3) is 0.500. The second kappa shape index (κ2) is 9.69. The quantitative estimate of drug-likeness (QED) is 0.422. The van der Waals surface area contributed by atoms with Gasteiger partial charge in [0.1, 0.15) is 11.5 Å². The van der Waals surface area contributed by atoms with Crippen molar-refractivity contribution in [1.29, 1.82) is 0 Å². The second-order valence-electron chi connectivity index (χ2n) is 10.5. The van der Waals surface area contributed by atoms with Gasteiger partial charge in [0.05, 0.1) is 16.8 Å². The summed E-state index contributed by atoms with van der Waals surface area (Å²) in [5.74, 6) is 0.680. The summed E-state index contributed by atoms with van der Waals surface area (Å²) in [7, 11) is 0. The Morgan fingerprint density at radius 1 is 1.18 bits per heavy atom. The Hall–Kier alpha value is -3.02. The number of benzene rings is 1. The minimum absolute atomic E-state index is 0.0213. The summed E-state index contributed by atoms with van der Waals surface area (Å²) in [6, 6.07) is 10.1. The molecule has 1 saturated carbocycles. The van der Waals surface area contributed by atoms with Crippen LogP contribution in [0.1, 0.15) is 93.1 Å². The molecule has 1 heterocycles. The highest BCUT2D eigenvalue weighted by atomic mass is 16.5. The normalized spacial score (nSPS) is 23.6. The van der Waals surface area contributed by atoms with Crippen LogP contribution in [0.25, 0.3) is 0 Å². The minimum atomic E-state index is -0.180. The smallest absolute Gasteiger partial charge is 0.168 e. The Kier molecular flexibility index (Phi) is 6.87. The number of carbonyl (C=O) groups excluding carboxylic acids is 2. The number of aromatic nitrogens is 1. The van der Waals surface area contributed by atoms with E-state index in [2.05, 4.69) is 25.9 Å². The molecular formula is C28H34N2O4. The van der Waals surface area contributed by atoms with E-state index in [0.29, 0.717) is 60.4 Å². The molecule has 2 aromatic rings. The van der Waals surface area contributed by atoms with Gasteiger partial charge in [0.15, 0.2) is 11.6 Å². The lowest BCUT2D eigenvalue weighted by Gasteiger charge is -2.32. The Morgan fingerprint density at radius 3 is 2.62 bits per heavy atom. The SMILES string of the molecule is CCC(C)N=C1CC(C)(C)CC(=O)/C1=C(\O)CCc1noc2c1C(=O)CC(c1ccccc1)C2. The fourth-order valence-electron chi connectivity index (χ4n) is 5.02. The molecule has 6 heteroatoms. The molecule has 1 N–H and O–H groups in total. The Labute approximate surface area is 201 Å². The van der Waals surface area contributed by atoms with E-state index in [4.69, 9.17) is 9.52 Å². The van der Waals surface area contributed by atoms with E-state index >= 15 is 0 Å². The first kappa shape index (κ1) is 24.1. The van der Waals surface area contributed by atoms with Gasteiger partial charge in [0.2, 0.25) is 0 Å². The van der Waals surface area contributed by atoms with Crippen molar-refractivity contribution in [3.8, 4) is 0 Å². The summed E-state index contributed by atoms with van der Waals surface area (Å²) >= 11 is 0. The van der Waals surface area contributed by atoms with Gasteiger partial charge in [-0.3, -0.25) is 14.6 Å². The van der Waals surface area contributed by atoms with E-state index in [0.717, 1.165) is 12.0 Å². The van der Waals surface area contributed by atoms with Gasteiger partial charge >= 0.3 is 0 Å². The number of fused-ring (bicyclic) bond motifs is 1. The van der Waals surface area contributed by atoms with Crippen LogP contribution >= 0.6 is 0 Å². The van der Waals surface area contributed by atoms with E-state index in [9.17, 15) is 14.7 Å². The molecular weight excluding hydrogens is 428 g/mol. The van der Waals surface area contributed by atoms with Gasteiger partial charge < -0.3 is 9.63 Å². The summed E-state index contributed by atoms with van der Waals surface area (Å²) in [5, 5.41) is 15.1. The molecule has 0 radical (unpaired) electrons. The number of nitrogens with zero attached hydrogens (tertiary/aromatic N) is 2. The fourth-order valence-corrected chi connectivity index (χ4v) is 5.02. The second-order valence-corrected chi connectivity index (χ2v) is 10.5. The number of carbonyl (C=O) groups is 2. The number of hydrogen-bond acceptors (Lipinski definition) is 6. The first-order valence-corrected chi connectivity index (χ1v) is 12.3. The van der Waals surface area contributed by atoms with Crippen LogP contribution in [0, 0.1) is 5.41 Å². The van der Waals surface area contributed by atoms with E-state index in [-0.39, 0.29) is 41.1 Å². The van der Waals surface area contributed by atoms with E-state index in [1.165, 1.54) is 0 Å². The summed E-state index contributed by atoms with van der Waals surface area (Å²) in [5.41, 5.74) is 3.09. The number of Topliss-reactive ketones (excluding diaryl/α,β-unsaturated/α-hetero) is 2. The zero-order valence-electron chi connectivity index (χ0n) is 20.6. The highest BCUT2D eigenvalue weighted by Crippen LogP contribution is 2.37. The molecule has 0 amide bonds. The number of allylic oxidation sites excluding steroid dienone is 2. The van der Waals surface area contributed by atoms with Crippen molar-refractivity contribution in [3.63, 3.8) is 0 Å². The molecule has 0 aliphatic heterocycles. The molecule has 2 atom stereocenters. The van der Waals surface area contributed by atoms with Crippen LogP contribution in [0.4, 0.5) is 0 Å². The largest absolute Gasteiger partial charge is 0.511 e. The maximum Gasteiger partial charge on any atom is 0.168 e. The van der Waals surface area contributed by atoms with Crippen LogP contribution in [0.15, 0.2) is 51.2 Å². The standard InChI is InChI=1S/C28H34N2O4/c1-5-17(2)29-21-15-28(3,4)16-24(33)26(21)22(31)12-11-20-27-23(32)13-19(14-25(27)34-30-20)18-9-7-6-8-10-18/h6-10,17,19,31H,5,11-16H2,1-4H3/b26-22-,29-21?. The van der Waals surface area contributed by atoms with Crippen molar-refractivity contribution in [2.24, 2.45) is 10.4 Å². The minimum Gasteiger partial charge on any atom is -0.511 e. The third kappa shape index (κ3) is 5.06. The summed E-state index contributed by atoms with van der Waals surface area (Å²) < 4.78 is 5.56. The van der Waals surface area contributed by atoms with Crippen molar-refractivity contribution in [1.82, 2.24) is 5.16 Å². The molecule has 0 spiro atoms. The number of ketones is 2. The average molecular weight is 463 g/mol. The summed E-state index contributed by atoms with van der Waals surface area (Å²) in [6.07, 6.45) is 3.50. The topological polar surface area (TPSA) is 92.8 Å². The number of aliphatic hydroxyl groups excluding tert-OH is 1. The summed E-state index contributed by atoms with van der Waals surface area (Å²) in [4.78, 5) is 30.7. The molecule has 2 aliphatic carbocycles. The monoisotopic (exact) mass is 462 g/mol. The number of rotatable bonds is 6. The van der Waals surface area contributed by atoms with Crippen LogP contribution < -0.4 is 0 Å². The van der Waals surface area contributed by atoms with Crippen molar-refractivity contribution in [2.75, 3.05) is 0 Å². The van der Waals surface area contributed by atoms with Crippen molar-refractivity contribution >= 4 is 17.3 Å². The van der Waals surface area contributed by atoms with Crippen LogP contribution in [0.3, 0.4) is 0 Å². The molecule has 1 fully saturated rings. The first-order valence-electron chi connectivity index (χ1n) is 12.3. The van der Waals surface area contributed by atoms with Crippen LogP contribution in [-0.4, -0.2) is 33.6 Å². The van der Waals surface area contributed by atoms with Gasteiger partial charge in [-0.05, 0) is 36.7 Å². The molecule has 2 aliphatic rings. The summed E-state index contributed by atoms with van der Waals surface area (Å²) in [6.45, 7) is 8.19. The molecule has 4 rings (SSSR count). The number of aryl methyl sites for hydroxylation is 1. The molecule has 2 unspecified atom stereocenters. The lowest BCUT2D eigenvalue weighted by Crippen LogP contribution is -2.33. The highest BCUT2D eigenvalue weighted by molar-refractivity contribution is 6.24. The third-order valence-corrected chi connectivity index (χ3v) is 6.95. The molecule has 0 saturated heterocycles. The zero-order valence-corrected chi connectivity index (χ0v) is 20.6. The third-order valence-electron chi connectivity index (χ3n) is 6.95. The maximum atomic E-state index is 13.0. The maximum absolute atomic E-state index is 13.0. The number of aliphatic hydroxyl groups is 1. The molecule has 180 valence electrons. The van der Waals surface area contributed by atoms with Gasteiger partial charge in [0, 0.05) is 43.9 Å². The van der Waals surface area contributed by atoms with Crippen molar-refractivity contribution < 1.29 is 19.2 Å². The molecule has 0 bridgehead atoms. The van der Waals surface area contributed by atoms with E-state index in [1.807, 2.05) is 37.3 Å². The number of hydrogen-bond donors (Lipinski definition) is 1. The molecule has 1 aromatic carbocycles. The molecule has 34 heavy (non-hydrogen) atoms. The lowest BCUT2D eigenvalue weighted by atomic mass is 9.73. The van der Waals surface area contributed by atoms with Gasteiger partial charge in [0.25, 0.3) is 0 Å². The van der Waals surface area contributed by atoms with Crippen LogP contribution in [-0.2, 0) is 17.6 Å². The predicted octanol–water partition coefficient (Wildman–Crippen LogP) is 5.96. The number of aliphatic imine (C=N–C) groups is 1. The van der Waals surface area contributed by atoms with Crippen LogP contribution in [0.2, 0.25) is 0 Å². The molecule has 6 nitrogen and oxygen atoms in total. The van der Waals surface area contributed by atoms with Gasteiger partial charge in [-0.1, -0.05) is 56.3 Å². The first-order chi connectivity index (χ1) is 16.2. The highest BCUT2D eigenvalue weighted by Gasteiger charge is 2.37. The zero-order chi connectivity index (χ0) is 24.5. The Morgan fingerprint density at radius 2 is 1.91 bits per heavy atom. The van der Waals surface area contributed by atoms with E-state index in [1.54, 1.807) is 0 Å². The van der Waals surface area contributed by atoms with Gasteiger partial charge in [-0.2, -0.15) is 0 Å². The van der Waals surface area contributed by atoms with Crippen LogP contribution in [0.5, 0.6) is 0 Å². The van der Waals surface area contributed by atoms with Gasteiger partial charge in [-0.15, -0.1) is 0 Å². The van der Waals surface area contributed by atoms with E-state index < -0.39 is 0 Å². The van der Waals surface area contributed by atoms with Crippen molar-refractivity contribution in [3.05, 3.63) is 64.2 Å². The lowest BCUT2D eigenvalue weighted by molar-refractivity contribution is -0.117.